The number of rotatable bonds is 5. The lowest BCUT2D eigenvalue weighted by atomic mass is 10.0. The van der Waals surface area contributed by atoms with E-state index in [0.717, 1.165) is 19.4 Å². The van der Waals surface area contributed by atoms with Crippen LogP contribution in [0.3, 0.4) is 0 Å². The Morgan fingerprint density at radius 1 is 1.32 bits per heavy atom. The van der Waals surface area contributed by atoms with E-state index in [1.54, 1.807) is 0 Å². The van der Waals surface area contributed by atoms with Crippen molar-refractivity contribution in [2.45, 2.75) is 52.6 Å². The van der Waals surface area contributed by atoms with Crippen molar-refractivity contribution in [3.8, 4) is 0 Å². The Balaban J connectivity index is 2.45. The van der Waals surface area contributed by atoms with Crippen LogP contribution >= 0.6 is 0 Å². The van der Waals surface area contributed by atoms with Crippen molar-refractivity contribution in [3.05, 3.63) is 0 Å². The molecule has 1 unspecified atom stereocenters. The second-order valence-corrected chi connectivity index (χ2v) is 6.03. The SMILES string of the molecule is CC(C)C1CCCN1C(=O)CNC(=O)[C@@H](N)C(C)C. The van der Waals surface area contributed by atoms with Crippen LogP contribution in [-0.4, -0.2) is 41.9 Å². The Hall–Kier alpha value is -1.10. The van der Waals surface area contributed by atoms with Gasteiger partial charge in [-0.3, -0.25) is 9.59 Å². The molecule has 2 amide bonds. The molecule has 1 aliphatic heterocycles. The first kappa shape index (κ1) is 16.0. The number of carbonyl (C=O) groups is 2. The second-order valence-electron chi connectivity index (χ2n) is 6.03. The number of nitrogens with zero attached hydrogens (tertiary/aromatic N) is 1. The van der Waals surface area contributed by atoms with Gasteiger partial charge in [-0.15, -0.1) is 0 Å². The maximum absolute atomic E-state index is 12.1. The zero-order chi connectivity index (χ0) is 14.6. The van der Waals surface area contributed by atoms with Crippen molar-refractivity contribution >= 4 is 11.8 Å². The summed E-state index contributed by atoms with van der Waals surface area (Å²) in [7, 11) is 0. The lowest BCUT2D eigenvalue weighted by molar-refractivity contribution is -0.134. The first-order valence-corrected chi connectivity index (χ1v) is 7.17. The number of amides is 2. The van der Waals surface area contributed by atoms with Gasteiger partial charge in [0.2, 0.25) is 11.8 Å². The van der Waals surface area contributed by atoms with Crippen LogP contribution in [0.25, 0.3) is 0 Å². The number of hydrogen-bond donors (Lipinski definition) is 2. The average Bonchev–Trinajstić information content (AvgIpc) is 2.83. The molecule has 0 spiro atoms. The molecule has 19 heavy (non-hydrogen) atoms. The van der Waals surface area contributed by atoms with E-state index in [9.17, 15) is 9.59 Å². The fourth-order valence-electron chi connectivity index (χ4n) is 2.48. The molecule has 0 bridgehead atoms. The number of nitrogens with one attached hydrogen (secondary N) is 1. The lowest BCUT2D eigenvalue weighted by Gasteiger charge is -2.28. The first-order valence-electron chi connectivity index (χ1n) is 7.17. The van der Waals surface area contributed by atoms with E-state index in [4.69, 9.17) is 5.73 Å². The molecule has 0 saturated carbocycles. The zero-order valence-corrected chi connectivity index (χ0v) is 12.5. The molecule has 0 aromatic rings. The van der Waals surface area contributed by atoms with Gasteiger partial charge in [-0.1, -0.05) is 27.7 Å². The van der Waals surface area contributed by atoms with Crippen molar-refractivity contribution in [2.75, 3.05) is 13.1 Å². The van der Waals surface area contributed by atoms with Gasteiger partial charge in [0.15, 0.2) is 0 Å². The summed E-state index contributed by atoms with van der Waals surface area (Å²) in [6.45, 7) is 8.89. The second kappa shape index (κ2) is 6.89. The summed E-state index contributed by atoms with van der Waals surface area (Å²) in [5.74, 6) is 0.287. The fourth-order valence-corrected chi connectivity index (χ4v) is 2.48. The maximum Gasteiger partial charge on any atom is 0.242 e. The number of nitrogens with two attached hydrogens (primary N) is 1. The highest BCUT2D eigenvalue weighted by Crippen LogP contribution is 2.23. The van der Waals surface area contributed by atoms with E-state index >= 15 is 0 Å². The van der Waals surface area contributed by atoms with Gasteiger partial charge in [-0.2, -0.15) is 0 Å². The van der Waals surface area contributed by atoms with Crippen molar-refractivity contribution in [1.29, 1.82) is 0 Å². The van der Waals surface area contributed by atoms with Gasteiger partial charge in [-0.05, 0) is 24.7 Å². The minimum absolute atomic E-state index is 0.000469. The highest BCUT2D eigenvalue weighted by molar-refractivity contribution is 5.87. The third-order valence-electron chi connectivity index (χ3n) is 3.82. The quantitative estimate of drug-likeness (QED) is 0.772. The molecule has 0 radical (unpaired) electrons. The van der Waals surface area contributed by atoms with Crippen LogP contribution in [0.1, 0.15) is 40.5 Å². The van der Waals surface area contributed by atoms with Crippen LogP contribution in [0.4, 0.5) is 0 Å². The summed E-state index contributed by atoms with van der Waals surface area (Å²) in [5, 5.41) is 2.64. The largest absolute Gasteiger partial charge is 0.346 e. The molecule has 5 nitrogen and oxygen atoms in total. The van der Waals surface area contributed by atoms with E-state index in [1.165, 1.54) is 0 Å². The van der Waals surface area contributed by atoms with Gasteiger partial charge in [0.25, 0.3) is 0 Å². The summed E-state index contributed by atoms with van der Waals surface area (Å²) in [4.78, 5) is 25.7. The molecule has 1 saturated heterocycles. The van der Waals surface area contributed by atoms with Gasteiger partial charge >= 0.3 is 0 Å². The molecule has 0 aliphatic carbocycles. The molecular formula is C14H27N3O2. The molecule has 5 heteroatoms. The highest BCUT2D eigenvalue weighted by Gasteiger charge is 2.30. The first-order chi connectivity index (χ1) is 8.84. The topological polar surface area (TPSA) is 75.4 Å². The third-order valence-corrected chi connectivity index (χ3v) is 3.82. The monoisotopic (exact) mass is 269 g/mol. The van der Waals surface area contributed by atoms with Gasteiger partial charge < -0.3 is 16.0 Å². The van der Waals surface area contributed by atoms with Gasteiger partial charge in [0.05, 0.1) is 12.6 Å². The minimum atomic E-state index is -0.549. The number of likely N-dealkylation sites (tertiary alicyclic amines) is 1. The van der Waals surface area contributed by atoms with Crippen molar-refractivity contribution < 1.29 is 9.59 Å². The minimum Gasteiger partial charge on any atom is -0.346 e. The van der Waals surface area contributed by atoms with Crippen LogP contribution in [-0.2, 0) is 9.59 Å². The maximum atomic E-state index is 12.1. The molecule has 0 aromatic heterocycles. The molecule has 1 heterocycles. The number of carbonyl (C=O) groups excluding carboxylic acids is 2. The van der Waals surface area contributed by atoms with Crippen LogP contribution in [0.5, 0.6) is 0 Å². The molecule has 0 aromatic carbocycles. The Morgan fingerprint density at radius 2 is 1.95 bits per heavy atom. The van der Waals surface area contributed by atoms with E-state index in [2.05, 4.69) is 19.2 Å². The van der Waals surface area contributed by atoms with E-state index in [-0.39, 0.29) is 24.3 Å². The van der Waals surface area contributed by atoms with Crippen LogP contribution in [0.2, 0.25) is 0 Å². The van der Waals surface area contributed by atoms with Crippen LogP contribution in [0.15, 0.2) is 0 Å². The molecule has 1 aliphatic rings. The van der Waals surface area contributed by atoms with Crippen LogP contribution in [0, 0.1) is 11.8 Å². The predicted molar refractivity (Wildman–Crippen MR) is 75.4 cm³/mol. The molecule has 110 valence electrons. The van der Waals surface area contributed by atoms with Crippen molar-refractivity contribution in [2.24, 2.45) is 17.6 Å². The standard InChI is InChI=1S/C14H27N3O2/c1-9(2)11-6-5-7-17(11)12(18)8-16-14(19)13(15)10(3)4/h9-11,13H,5-8,15H2,1-4H3,(H,16,19)/t11?,13-/m0/s1. The molecular weight excluding hydrogens is 242 g/mol. The Bertz CT molecular complexity index is 329. The van der Waals surface area contributed by atoms with E-state index in [1.807, 2.05) is 18.7 Å². The molecule has 3 N–H and O–H groups in total. The molecule has 2 atom stereocenters. The summed E-state index contributed by atoms with van der Waals surface area (Å²) >= 11 is 0. The van der Waals surface area contributed by atoms with E-state index in [0.29, 0.717) is 12.0 Å². The van der Waals surface area contributed by atoms with E-state index < -0.39 is 6.04 Å². The molecule has 1 fully saturated rings. The highest BCUT2D eigenvalue weighted by atomic mass is 16.2. The summed E-state index contributed by atoms with van der Waals surface area (Å²) < 4.78 is 0. The van der Waals surface area contributed by atoms with Gasteiger partial charge in [0.1, 0.15) is 0 Å². The van der Waals surface area contributed by atoms with Crippen molar-refractivity contribution in [1.82, 2.24) is 10.2 Å². The lowest BCUT2D eigenvalue weighted by Crippen LogP contribution is -2.49. The van der Waals surface area contributed by atoms with Crippen LogP contribution < -0.4 is 11.1 Å². The Morgan fingerprint density at radius 3 is 2.47 bits per heavy atom. The Kier molecular flexibility index (Phi) is 5.79. The third kappa shape index (κ3) is 4.20. The summed E-state index contributed by atoms with van der Waals surface area (Å²) in [6.07, 6.45) is 2.11. The Labute approximate surface area is 115 Å². The van der Waals surface area contributed by atoms with Gasteiger partial charge in [-0.25, -0.2) is 0 Å². The van der Waals surface area contributed by atoms with Crippen molar-refractivity contribution in [3.63, 3.8) is 0 Å². The molecule has 1 rings (SSSR count). The van der Waals surface area contributed by atoms with Gasteiger partial charge in [0, 0.05) is 12.6 Å². The fraction of sp³-hybridized carbons (Fsp3) is 0.857. The number of hydrogen-bond acceptors (Lipinski definition) is 3. The summed E-state index contributed by atoms with van der Waals surface area (Å²) in [6, 6.07) is -0.240. The average molecular weight is 269 g/mol. The zero-order valence-electron chi connectivity index (χ0n) is 12.5. The smallest absolute Gasteiger partial charge is 0.242 e. The predicted octanol–water partition coefficient (Wildman–Crippen LogP) is 0.733. The normalized spacial score (nSPS) is 21.0. The summed E-state index contributed by atoms with van der Waals surface area (Å²) in [5.41, 5.74) is 5.74.